The molecule has 0 amide bonds. The lowest BCUT2D eigenvalue weighted by Crippen LogP contribution is -2.41. The van der Waals surface area contributed by atoms with Crippen LogP contribution in [0.1, 0.15) is 36.1 Å². The summed E-state index contributed by atoms with van der Waals surface area (Å²) in [6.07, 6.45) is 15.9. The molecule has 4 aromatic rings. The van der Waals surface area contributed by atoms with Gasteiger partial charge in [0.05, 0.1) is 11.1 Å². The molecule has 2 unspecified atom stereocenters. The number of nitrogens with zero attached hydrogens (tertiary/aromatic N) is 2. The molecule has 160 valence electrons. The quantitative estimate of drug-likeness (QED) is 0.319. The molecule has 2 atom stereocenters. The minimum atomic E-state index is -0.116. The standard InChI is InChI=1S/C31H26N2/c1-31-20-9-8-16-27(31)26-15-4-7-19-30(26)33(31)23-12-10-11-22(21-23)32-28-17-5-2-13-24(28)25-14-3-6-18-29(25)32/h2,4-13,15-21,27H,3,14H2,1H3. The van der Waals surface area contributed by atoms with Gasteiger partial charge in [0.2, 0.25) is 0 Å². The second kappa shape index (κ2) is 6.86. The first kappa shape index (κ1) is 18.8. The summed E-state index contributed by atoms with van der Waals surface area (Å²) in [5, 5.41) is 1.38. The fourth-order valence-electron chi connectivity index (χ4n) is 6.22. The molecule has 7 rings (SSSR count). The van der Waals surface area contributed by atoms with E-state index in [9.17, 15) is 0 Å². The number of rotatable bonds is 2. The Labute approximate surface area is 194 Å². The summed E-state index contributed by atoms with van der Waals surface area (Å²) in [5.74, 6) is 0.352. The van der Waals surface area contributed by atoms with Gasteiger partial charge in [-0.25, -0.2) is 0 Å². The summed E-state index contributed by atoms with van der Waals surface area (Å²) in [7, 11) is 0. The van der Waals surface area contributed by atoms with Crippen LogP contribution in [0, 0.1) is 0 Å². The van der Waals surface area contributed by atoms with Crippen molar-refractivity contribution in [3.05, 3.63) is 120 Å². The number of hydrogen-bond donors (Lipinski definition) is 0. The van der Waals surface area contributed by atoms with Gasteiger partial charge in [-0.2, -0.15) is 0 Å². The first-order valence-corrected chi connectivity index (χ1v) is 11.9. The highest BCUT2D eigenvalue weighted by atomic mass is 15.2. The van der Waals surface area contributed by atoms with Crippen molar-refractivity contribution in [2.75, 3.05) is 4.90 Å². The maximum atomic E-state index is 2.53. The van der Waals surface area contributed by atoms with Gasteiger partial charge < -0.3 is 9.47 Å². The van der Waals surface area contributed by atoms with Gasteiger partial charge in [-0.15, -0.1) is 0 Å². The molecule has 2 nitrogen and oxygen atoms in total. The van der Waals surface area contributed by atoms with Crippen LogP contribution in [0.3, 0.4) is 0 Å². The highest BCUT2D eigenvalue weighted by Crippen LogP contribution is 2.53. The van der Waals surface area contributed by atoms with Crippen molar-refractivity contribution < 1.29 is 0 Å². The molecule has 2 aliphatic carbocycles. The Bertz CT molecular complexity index is 1500. The Morgan fingerprint density at radius 3 is 2.70 bits per heavy atom. The SMILES string of the molecule is CC12C=CC=CC1c1ccccc1N2c1cccc(-n2c3c(c4ccccc42)CCC=C3)c1. The van der Waals surface area contributed by atoms with Crippen LogP contribution in [-0.2, 0) is 6.42 Å². The summed E-state index contributed by atoms with van der Waals surface area (Å²) < 4.78 is 2.45. The first-order valence-electron chi connectivity index (χ1n) is 11.9. The van der Waals surface area contributed by atoms with E-state index in [1.165, 1.54) is 44.8 Å². The molecule has 0 spiro atoms. The lowest BCUT2D eigenvalue weighted by Gasteiger charge is -2.39. The predicted octanol–water partition coefficient (Wildman–Crippen LogP) is 7.71. The minimum Gasteiger partial charge on any atom is -0.331 e. The fourth-order valence-corrected chi connectivity index (χ4v) is 6.22. The average Bonchev–Trinajstić information content (AvgIpc) is 3.33. The zero-order chi connectivity index (χ0) is 22.0. The second-order valence-corrected chi connectivity index (χ2v) is 9.52. The molecule has 0 saturated heterocycles. The second-order valence-electron chi connectivity index (χ2n) is 9.52. The Hall–Kier alpha value is -3.78. The van der Waals surface area contributed by atoms with Gasteiger partial charge in [0.25, 0.3) is 0 Å². The molecule has 1 aliphatic heterocycles. The van der Waals surface area contributed by atoms with Crippen molar-refractivity contribution in [3.63, 3.8) is 0 Å². The molecule has 3 aromatic carbocycles. The van der Waals surface area contributed by atoms with Gasteiger partial charge in [0.15, 0.2) is 0 Å². The number of anilines is 2. The van der Waals surface area contributed by atoms with Crippen molar-refractivity contribution in [1.82, 2.24) is 4.57 Å². The van der Waals surface area contributed by atoms with Gasteiger partial charge >= 0.3 is 0 Å². The molecule has 0 N–H and O–H groups in total. The molecule has 0 saturated carbocycles. The topological polar surface area (TPSA) is 8.17 Å². The highest BCUT2D eigenvalue weighted by molar-refractivity contribution is 5.91. The summed E-state index contributed by atoms with van der Waals surface area (Å²) in [6.45, 7) is 2.36. The Kier molecular flexibility index (Phi) is 3.90. The molecule has 2 heteroatoms. The number of hydrogen-bond acceptors (Lipinski definition) is 1. The van der Waals surface area contributed by atoms with Crippen LogP contribution in [0.2, 0.25) is 0 Å². The fraction of sp³-hybridized carbons (Fsp3) is 0.161. The number of allylic oxidation sites excluding steroid dienone is 3. The lowest BCUT2D eigenvalue weighted by molar-refractivity contribution is 0.542. The van der Waals surface area contributed by atoms with Gasteiger partial charge in [-0.05, 0) is 67.3 Å². The molecule has 33 heavy (non-hydrogen) atoms. The van der Waals surface area contributed by atoms with E-state index in [2.05, 4.69) is 126 Å². The van der Waals surface area contributed by atoms with Crippen LogP contribution < -0.4 is 4.90 Å². The van der Waals surface area contributed by atoms with E-state index in [4.69, 9.17) is 0 Å². The number of aryl methyl sites for hydroxylation is 1. The Morgan fingerprint density at radius 1 is 0.879 bits per heavy atom. The van der Waals surface area contributed by atoms with Crippen molar-refractivity contribution in [2.45, 2.75) is 31.2 Å². The maximum absolute atomic E-state index is 2.53. The van der Waals surface area contributed by atoms with Crippen molar-refractivity contribution in [2.24, 2.45) is 0 Å². The van der Waals surface area contributed by atoms with Crippen molar-refractivity contribution >= 4 is 28.4 Å². The summed E-state index contributed by atoms with van der Waals surface area (Å²) in [5.41, 5.74) is 9.12. The third kappa shape index (κ3) is 2.55. The van der Waals surface area contributed by atoms with E-state index in [0.29, 0.717) is 5.92 Å². The van der Waals surface area contributed by atoms with E-state index in [-0.39, 0.29) is 5.54 Å². The molecular weight excluding hydrogens is 400 g/mol. The average molecular weight is 427 g/mol. The molecule has 0 fully saturated rings. The predicted molar refractivity (Wildman–Crippen MR) is 139 cm³/mol. The van der Waals surface area contributed by atoms with Crippen molar-refractivity contribution in [3.8, 4) is 5.69 Å². The zero-order valence-corrected chi connectivity index (χ0v) is 18.8. The Morgan fingerprint density at radius 2 is 1.73 bits per heavy atom. The third-order valence-corrected chi connectivity index (χ3v) is 7.68. The van der Waals surface area contributed by atoms with Crippen LogP contribution in [0.25, 0.3) is 22.7 Å². The largest absolute Gasteiger partial charge is 0.331 e. The number of aromatic nitrogens is 1. The highest BCUT2D eigenvalue weighted by Gasteiger charge is 2.46. The molecular formula is C31H26N2. The van der Waals surface area contributed by atoms with Crippen LogP contribution in [0.15, 0.2) is 103 Å². The van der Waals surface area contributed by atoms with E-state index in [0.717, 1.165) is 12.8 Å². The van der Waals surface area contributed by atoms with Gasteiger partial charge in [-0.1, -0.05) is 72.8 Å². The molecule has 2 heterocycles. The lowest BCUT2D eigenvalue weighted by atomic mass is 9.80. The molecule has 0 radical (unpaired) electrons. The van der Waals surface area contributed by atoms with E-state index >= 15 is 0 Å². The van der Waals surface area contributed by atoms with Crippen LogP contribution in [-0.4, -0.2) is 10.1 Å². The van der Waals surface area contributed by atoms with Crippen molar-refractivity contribution in [1.29, 1.82) is 0 Å². The first-order chi connectivity index (χ1) is 16.3. The number of fused-ring (bicyclic) bond motifs is 6. The van der Waals surface area contributed by atoms with Gasteiger partial charge in [-0.3, -0.25) is 0 Å². The van der Waals surface area contributed by atoms with Gasteiger partial charge in [0, 0.05) is 34.1 Å². The summed E-state index contributed by atoms with van der Waals surface area (Å²) in [4.78, 5) is 2.53. The van der Waals surface area contributed by atoms with E-state index in [1.54, 1.807) is 0 Å². The number of para-hydroxylation sites is 2. The van der Waals surface area contributed by atoms with E-state index in [1.807, 2.05) is 0 Å². The summed E-state index contributed by atoms with van der Waals surface area (Å²) >= 11 is 0. The normalized spacial score (nSPS) is 22.5. The number of benzene rings is 3. The van der Waals surface area contributed by atoms with Crippen LogP contribution in [0.5, 0.6) is 0 Å². The Balaban J connectivity index is 1.45. The third-order valence-electron chi connectivity index (χ3n) is 7.68. The van der Waals surface area contributed by atoms with Crippen LogP contribution >= 0.6 is 0 Å². The zero-order valence-electron chi connectivity index (χ0n) is 18.8. The van der Waals surface area contributed by atoms with Gasteiger partial charge in [0.1, 0.15) is 0 Å². The molecule has 0 bridgehead atoms. The van der Waals surface area contributed by atoms with Crippen LogP contribution in [0.4, 0.5) is 11.4 Å². The summed E-state index contributed by atoms with van der Waals surface area (Å²) in [6, 6.07) is 26.8. The molecule has 3 aliphatic rings. The molecule has 1 aromatic heterocycles. The smallest absolute Gasteiger partial charge is 0.0712 e. The maximum Gasteiger partial charge on any atom is 0.0712 e. The van der Waals surface area contributed by atoms with E-state index < -0.39 is 0 Å². The minimum absolute atomic E-state index is 0.116. The monoisotopic (exact) mass is 426 g/mol.